The van der Waals surface area contributed by atoms with Gasteiger partial charge in [-0.2, -0.15) is 0 Å². The zero-order valence-corrected chi connectivity index (χ0v) is 12.3. The van der Waals surface area contributed by atoms with Crippen LogP contribution in [-0.4, -0.2) is 5.91 Å². The Balaban J connectivity index is 2.46. The molecule has 1 aliphatic rings. The van der Waals surface area contributed by atoms with E-state index in [1.54, 1.807) is 0 Å². The summed E-state index contributed by atoms with van der Waals surface area (Å²) in [5.41, 5.74) is 2.87. The van der Waals surface area contributed by atoms with Crippen LogP contribution in [0.2, 0.25) is 0 Å². The van der Waals surface area contributed by atoms with Gasteiger partial charge in [0.05, 0.1) is 5.41 Å². The van der Waals surface area contributed by atoms with E-state index >= 15 is 0 Å². The van der Waals surface area contributed by atoms with Crippen molar-refractivity contribution in [1.29, 1.82) is 0 Å². The predicted molar refractivity (Wildman–Crippen MR) is 74.6 cm³/mol. The van der Waals surface area contributed by atoms with Crippen molar-refractivity contribution in [3.05, 3.63) is 29.3 Å². The molecule has 92 valence electrons. The Labute approximate surface area is 111 Å². The molecule has 2 rings (SSSR count). The van der Waals surface area contributed by atoms with Gasteiger partial charge >= 0.3 is 0 Å². The molecule has 0 aromatic heterocycles. The van der Waals surface area contributed by atoms with Gasteiger partial charge in [0.15, 0.2) is 0 Å². The molecule has 3 heteroatoms. The summed E-state index contributed by atoms with van der Waals surface area (Å²) >= 11 is 3.71. The van der Waals surface area contributed by atoms with E-state index in [9.17, 15) is 4.79 Å². The molecule has 2 nitrogen and oxygen atoms in total. The fourth-order valence-electron chi connectivity index (χ4n) is 2.15. The predicted octanol–water partition coefficient (Wildman–Crippen LogP) is 4.01. The molecule has 0 aliphatic carbocycles. The number of hydrogen-bond acceptors (Lipinski definition) is 1. The Morgan fingerprint density at radius 3 is 2.53 bits per heavy atom. The molecule has 1 atom stereocenters. The molecular formula is C14H18BrNO. The molecule has 1 unspecified atom stereocenters. The second-order valence-electron chi connectivity index (χ2n) is 5.53. The van der Waals surface area contributed by atoms with Crippen LogP contribution in [0.1, 0.15) is 43.6 Å². The van der Waals surface area contributed by atoms with Crippen molar-refractivity contribution < 1.29 is 4.79 Å². The van der Waals surface area contributed by atoms with Crippen LogP contribution in [-0.2, 0) is 10.2 Å². The van der Waals surface area contributed by atoms with E-state index in [0.29, 0.717) is 10.7 Å². The standard InChI is InChI=1S/C14H18BrNO/c1-8(2)12(15)9-5-6-11-10(7-9)14(3,4)13(17)16-11/h5-8,12H,1-4H3,(H,16,17). The van der Waals surface area contributed by atoms with Gasteiger partial charge in [-0.15, -0.1) is 0 Å². The van der Waals surface area contributed by atoms with Gasteiger partial charge in [0.25, 0.3) is 0 Å². The molecule has 0 fully saturated rings. The molecule has 0 spiro atoms. The van der Waals surface area contributed by atoms with Gasteiger partial charge in [-0.3, -0.25) is 4.79 Å². The van der Waals surface area contributed by atoms with E-state index in [2.05, 4.69) is 47.2 Å². The van der Waals surface area contributed by atoms with Crippen molar-refractivity contribution in [2.45, 2.75) is 37.9 Å². The Bertz CT molecular complexity index is 465. The van der Waals surface area contributed by atoms with Crippen molar-refractivity contribution in [2.24, 2.45) is 5.92 Å². The normalized spacial score (nSPS) is 19.1. The van der Waals surface area contributed by atoms with Crippen molar-refractivity contribution in [1.82, 2.24) is 0 Å². The van der Waals surface area contributed by atoms with Crippen LogP contribution in [0.5, 0.6) is 0 Å². The number of benzene rings is 1. The highest BCUT2D eigenvalue weighted by molar-refractivity contribution is 9.09. The Kier molecular flexibility index (Phi) is 3.06. The van der Waals surface area contributed by atoms with E-state index in [1.807, 2.05) is 19.9 Å². The molecule has 0 bridgehead atoms. The zero-order valence-electron chi connectivity index (χ0n) is 10.7. The molecule has 0 saturated carbocycles. The summed E-state index contributed by atoms with van der Waals surface area (Å²) in [6.07, 6.45) is 0. The number of hydrogen-bond donors (Lipinski definition) is 1. The monoisotopic (exact) mass is 295 g/mol. The van der Waals surface area contributed by atoms with Crippen LogP contribution in [0.4, 0.5) is 5.69 Å². The van der Waals surface area contributed by atoms with Crippen LogP contribution in [0.25, 0.3) is 0 Å². The Hall–Kier alpha value is -0.830. The maximum Gasteiger partial charge on any atom is 0.234 e. The maximum atomic E-state index is 11.8. The first kappa shape index (κ1) is 12.6. The molecule has 1 aliphatic heterocycles. The van der Waals surface area contributed by atoms with E-state index in [1.165, 1.54) is 5.56 Å². The smallest absolute Gasteiger partial charge is 0.234 e. The lowest BCUT2D eigenvalue weighted by Gasteiger charge is -2.19. The van der Waals surface area contributed by atoms with Gasteiger partial charge in [-0.25, -0.2) is 0 Å². The summed E-state index contributed by atoms with van der Waals surface area (Å²) in [5, 5.41) is 2.93. The van der Waals surface area contributed by atoms with Crippen molar-refractivity contribution in [2.75, 3.05) is 5.32 Å². The number of halogens is 1. The molecule has 1 N–H and O–H groups in total. The van der Waals surface area contributed by atoms with E-state index in [-0.39, 0.29) is 5.91 Å². The molecule has 1 heterocycles. The highest BCUT2D eigenvalue weighted by Crippen LogP contribution is 2.40. The van der Waals surface area contributed by atoms with Crippen LogP contribution in [0.3, 0.4) is 0 Å². The molecular weight excluding hydrogens is 278 g/mol. The van der Waals surface area contributed by atoms with Crippen LogP contribution >= 0.6 is 15.9 Å². The number of amides is 1. The number of carbonyl (C=O) groups excluding carboxylic acids is 1. The van der Waals surface area contributed by atoms with Crippen LogP contribution in [0, 0.1) is 5.92 Å². The lowest BCUT2D eigenvalue weighted by Crippen LogP contribution is -2.26. The van der Waals surface area contributed by atoms with Crippen molar-refractivity contribution in [3.8, 4) is 0 Å². The lowest BCUT2D eigenvalue weighted by molar-refractivity contribution is -0.119. The maximum absolute atomic E-state index is 11.8. The number of alkyl halides is 1. The van der Waals surface area contributed by atoms with Gasteiger partial charge in [-0.05, 0) is 37.0 Å². The molecule has 0 radical (unpaired) electrons. The quantitative estimate of drug-likeness (QED) is 0.821. The van der Waals surface area contributed by atoms with Gasteiger partial charge in [0.1, 0.15) is 0 Å². The average Bonchev–Trinajstić information content (AvgIpc) is 2.49. The number of rotatable bonds is 2. The van der Waals surface area contributed by atoms with Crippen molar-refractivity contribution in [3.63, 3.8) is 0 Å². The summed E-state index contributed by atoms with van der Waals surface area (Å²) in [5.74, 6) is 0.613. The third-order valence-corrected chi connectivity index (χ3v) is 5.02. The highest BCUT2D eigenvalue weighted by Gasteiger charge is 2.38. The van der Waals surface area contributed by atoms with Crippen molar-refractivity contribution >= 4 is 27.5 Å². The fraction of sp³-hybridized carbons (Fsp3) is 0.500. The summed E-state index contributed by atoms with van der Waals surface area (Å²) in [4.78, 5) is 12.2. The molecule has 0 saturated heterocycles. The zero-order chi connectivity index (χ0) is 12.8. The fourth-order valence-corrected chi connectivity index (χ4v) is 2.43. The van der Waals surface area contributed by atoms with Gasteiger partial charge in [-0.1, -0.05) is 41.9 Å². The molecule has 1 aromatic rings. The largest absolute Gasteiger partial charge is 0.325 e. The number of carbonyl (C=O) groups is 1. The highest BCUT2D eigenvalue weighted by atomic mass is 79.9. The molecule has 1 amide bonds. The van der Waals surface area contributed by atoms with Crippen LogP contribution < -0.4 is 5.32 Å². The second kappa shape index (κ2) is 4.13. The first-order valence-corrected chi connectivity index (χ1v) is 6.85. The topological polar surface area (TPSA) is 29.1 Å². The lowest BCUT2D eigenvalue weighted by atomic mass is 9.84. The number of nitrogens with one attached hydrogen (secondary N) is 1. The SMILES string of the molecule is CC(C)C(Br)c1ccc2c(c1)C(C)(C)C(=O)N2. The summed E-state index contributed by atoms with van der Waals surface area (Å²) in [7, 11) is 0. The minimum Gasteiger partial charge on any atom is -0.325 e. The number of fused-ring (bicyclic) bond motifs is 1. The van der Waals surface area contributed by atoms with E-state index in [0.717, 1.165) is 11.3 Å². The van der Waals surface area contributed by atoms with Gasteiger partial charge < -0.3 is 5.32 Å². The molecule has 17 heavy (non-hydrogen) atoms. The number of anilines is 1. The Morgan fingerprint density at radius 2 is 1.94 bits per heavy atom. The minimum atomic E-state index is -0.422. The summed E-state index contributed by atoms with van der Waals surface area (Å²) in [6.45, 7) is 8.30. The first-order chi connectivity index (χ1) is 7.84. The summed E-state index contributed by atoms with van der Waals surface area (Å²) in [6, 6.07) is 6.24. The van der Waals surface area contributed by atoms with E-state index < -0.39 is 5.41 Å². The first-order valence-electron chi connectivity index (χ1n) is 5.94. The minimum absolute atomic E-state index is 0.0836. The van der Waals surface area contributed by atoms with Gasteiger partial charge in [0, 0.05) is 10.5 Å². The van der Waals surface area contributed by atoms with Gasteiger partial charge in [0.2, 0.25) is 5.91 Å². The third kappa shape index (κ3) is 2.01. The summed E-state index contributed by atoms with van der Waals surface area (Å²) < 4.78 is 0. The van der Waals surface area contributed by atoms with Crippen LogP contribution in [0.15, 0.2) is 18.2 Å². The third-order valence-electron chi connectivity index (χ3n) is 3.44. The molecule has 1 aromatic carbocycles. The Morgan fingerprint density at radius 1 is 1.29 bits per heavy atom. The second-order valence-corrected chi connectivity index (χ2v) is 6.52. The van der Waals surface area contributed by atoms with E-state index in [4.69, 9.17) is 0 Å². The average molecular weight is 296 g/mol.